The van der Waals surface area contributed by atoms with Gasteiger partial charge < -0.3 is 4.74 Å². The van der Waals surface area contributed by atoms with E-state index in [2.05, 4.69) is 64.5 Å². The zero-order chi connectivity index (χ0) is 14.9. The number of methoxy groups -OCH3 is 1. The first-order valence-corrected chi connectivity index (χ1v) is 9.29. The Labute approximate surface area is 140 Å². The van der Waals surface area contributed by atoms with Crippen LogP contribution in [0.4, 0.5) is 0 Å². The number of benzene rings is 2. The monoisotopic (exact) mass is 364 g/mol. The minimum Gasteiger partial charge on any atom is -0.497 e. The highest BCUT2D eigenvalue weighted by Gasteiger charge is 2.09. The second-order valence-electron chi connectivity index (χ2n) is 5.03. The summed E-state index contributed by atoms with van der Waals surface area (Å²) in [6.07, 6.45) is 2.31. The van der Waals surface area contributed by atoms with Crippen molar-refractivity contribution in [3.63, 3.8) is 0 Å². The highest BCUT2D eigenvalue weighted by atomic mass is 79.9. The quantitative estimate of drug-likeness (QED) is 0.456. The van der Waals surface area contributed by atoms with Crippen molar-refractivity contribution in [3.05, 3.63) is 60.2 Å². The molecule has 0 saturated carbocycles. The highest BCUT2D eigenvalue weighted by Crippen LogP contribution is 2.23. The Morgan fingerprint density at radius 1 is 1.10 bits per heavy atom. The van der Waals surface area contributed by atoms with E-state index in [9.17, 15) is 0 Å². The summed E-state index contributed by atoms with van der Waals surface area (Å²) in [7, 11) is 1.72. The van der Waals surface area contributed by atoms with Crippen molar-refractivity contribution in [2.45, 2.75) is 17.7 Å². The van der Waals surface area contributed by atoms with E-state index < -0.39 is 0 Å². The zero-order valence-electron chi connectivity index (χ0n) is 12.3. The van der Waals surface area contributed by atoms with Crippen LogP contribution in [0.2, 0.25) is 0 Å². The molecule has 2 aromatic rings. The van der Waals surface area contributed by atoms with Gasteiger partial charge in [-0.1, -0.05) is 46.3 Å². The molecule has 2 rings (SSSR count). The number of ether oxygens (including phenoxy) is 1. The molecule has 0 saturated heterocycles. The Morgan fingerprint density at radius 2 is 1.90 bits per heavy atom. The lowest BCUT2D eigenvalue weighted by Crippen LogP contribution is -2.07. The Hall–Kier alpha value is -0.930. The van der Waals surface area contributed by atoms with Gasteiger partial charge in [-0.05, 0) is 54.3 Å². The van der Waals surface area contributed by atoms with Crippen LogP contribution < -0.4 is 4.74 Å². The average Bonchev–Trinajstić information content (AvgIpc) is 2.55. The second-order valence-corrected chi connectivity index (χ2v) is 6.84. The Balaban J connectivity index is 1.82. The van der Waals surface area contributed by atoms with E-state index in [4.69, 9.17) is 4.74 Å². The maximum Gasteiger partial charge on any atom is 0.119 e. The average molecular weight is 365 g/mol. The third-order valence-corrected chi connectivity index (χ3v) is 5.38. The van der Waals surface area contributed by atoms with Gasteiger partial charge in [-0.2, -0.15) is 0 Å². The van der Waals surface area contributed by atoms with Gasteiger partial charge in [0.15, 0.2) is 0 Å². The second kappa shape index (κ2) is 9.16. The van der Waals surface area contributed by atoms with E-state index in [1.807, 2.05) is 17.8 Å². The molecule has 0 N–H and O–H groups in total. The lowest BCUT2D eigenvalue weighted by atomic mass is 9.99. The number of rotatable bonds is 8. The maximum atomic E-state index is 5.29. The molecule has 0 aromatic heterocycles. The van der Waals surface area contributed by atoms with Gasteiger partial charge in [-0.3, -0.25) is 0 Å². The molecule has 0 bridgehead atoms. The van der Waals surface area contributed by atoms with Crippen LogP contribution in [0.1, 0.15) is 12.0 Å². The summed E-state index contributed by atoms with van der Waals surface area (Å²) < 4.78 is 5.29. The molecule has 112 valence electrons. The van der Waals surface area contributed by atoms with Gasteiger partial charge in [0, 0.05) is 10.2 Å². The molecule has 0 amide bonds. The summed E-state index contributed by atoms with van der Waals surface area (Å²) in [5.74, 6) is 2.76. The molecule has 0 radical (unpaired) electrons. The molecule has 0 fully saturated rings. The van der Waals surface area contributed by atoms with Crippen molar-refractivity contribution in [1.82, 2.24) is 0 Å². The van der Waals surface area contributed by atoms with E-state index >= 15 is 0 Å². The molecule has 2 aromatic carbocycles. The number of hydrogen-bond acceptors (Lipinski definition) is 2. The number of hydrogen-bond donors (Lipinski definition) is 0. The lowest BCUT2D eigenvalue weighted by Gasteiger charge is -2.14. The lowest BCUT2D eigenvalue weighted by molar-refractivity contribution is 0.414. The summed E-state index contributed by atoms with van der Waals surface area (Å²) in [5, 5.41) is 1.04. The van der Waals surface area contributed by atoms with E-state index in [0.717, 1.165) is 23.3 Å². The molecule has 1 atom stereocenters. The van der Waals surface area contributed by atoms with Gasteiger partial charge in [0.05, 0.1) is 7.11 Å². The first kappa shape index (κ1) is 16.4. The van der Waals surface area contributed by atoms with Crippen LogP contribution in [0.5, 0.6) is 5.75 Å². The van der Waals surface area contributed by atoms with Gasteiger partial charge in [-0.15, -0.1) is 11.8 Å². The Bertz CT molecular complexity index is 530. The van der Waals surface area contributed by atoms with Gasteiger partial charge in [0.25, 0.3) is 0 Å². The van der Waals surface area contributed by atoms with Crippen LogP contribution in [0, 0.1) is 5.92 Å². The minimum atomic E-state index is 0.660. The fourth-order valence-electron chi connectivity index (χ4n) is 2.23. The van der Waals surface area contributed by atoms with E-state index in [-0.39, 0.29) is 0 Å². The van der Waals surface area contributed by atoms with Crippen molar-refractivity contribution in [2.24, 2.45) is 5.92 Å². The van der Waals surface area contributed by atoms with Crippen LogP contribution >= 0.6 is 27.7 Å². The molecule has 0 aliphatic heterocycles. The Morgan fingerprint density at radius 3 is 2.62 bits per heavy atom. The van der Waals surface area contributed by atoms with Gasteiger partial charge in [0.1, 0.15) is 5.75 Å². The van der Waals surface area contributed by atoms with Crippen molar-refractivity contribution < 1.29 is 4.74 Å². The summed E-state index contributed by atoms with van der Waals surface area (Å²) in [6, 6.07) is 19.0. The van der Waals surface area contributed by atoms with E-state index in [0.29, 0.717) is 5.92 Å². The predicted octanol–water partition coefficient (Wildman–Crippen LogP) is 5.43. The standard InChI is InChI=1S/C18H21BrOS/c1-20-17-7-5-6-15(13-17)12-16(14-19)10-11-21-18-8-3-2-4-9-18/h2-9,13,16H,10-12,14H2,1H3. The topological polar surface area (TPSA) is 9.23 Å². The third kappa shape index (κ3) is 5.76. The SMILES string of the molecule is COc1cccc(CC(CBr)CCSc2ccccc2)c1. The summed E-state index contributed by atoms with van der Waals surface area (Å²) in [5.41, 5.74) is 1.35. The van der Waals surface area contributed by atoms with Crippen molar-refractivity contribution in [2.75, 3.05) is 18.2 Å². The van der Waals surface area contributed by atoms with Crippen LogP contribution in [0.25, 0.3) is 0 Å². The molecule has 0 aliphatic carbocycles. The van der Waals surface area contributed by atoms with Crippen molar-refractivity contribution >= 4 is 27.7 Å². The van der Waals surface area contributed by atoms with Crippen LogP contribution in [0.3, 0.4) is 0 Å². The van der Waals surface area contributed by atoms with Gasteiger partial charge >= 0.3 is 0 Å². The molecule has 0 spiro atoms. The fourth-order valence-corrected chi connectivity index (χ4v) is 3.82. The number of halogens is 1. The molecule has 1 unspecified atom stereocenters. The molecule has 0 heterocycles. The molecular weight excluding hydrogens is 344 g/mol. The zero-order valence-corrected chi connectivity index (χ0v) is 14.7. The van der Waals surface area contributed by atoms with Crippen LogP contribution in [-0.4, -0.2) is 18.2 Å². The van der Waals surface area contributed by atoms with Crippen molar-refractivity contribution in [1.29, 1.82) is 0 Å². The predicted molar refractivity (Wildman–Crippen MR) is 95.8 cm³/mol. The molecular formula is C18H21BrOS. The van der Waals surface area contributed by atoms with Crippen LogP contribution in [0.15, 0.2) is 59.5 Å². The summed E-state index contributed by atoms with van der Waals surface area (Å²) in [4.78, 5) is 1.35. The normalized spacial score (nSPS) is 12.1. The van der Waals surface area contributed by atoms with Crippen LogP contribution in [-0.2, 0) is 6.42 Å². The summed E-state index contributed by atoms with van der Waals surface area (Å²) >= 11 is 5.59. The molecule has 3 heteroatoms. The first-order valence-electron chi connectivity index (χ1n) is 7.18. The first-order chi connectivity index (χ1) is 10.3. The maximum absolute atomic E-state index is 5.29. The fraction of sp³-hybridized carbons (Fsp3) is 0.333. The smallest absolute Gasteiger partial charge is 0.119 e. The number of alkyl halides is 1. The Kier molecular flexibility index (Phi) is 7.17. The van der Waals surface area contributed by atoms with E-state index in [1.165, 1.54) is 16.9 Å². The van der Waals surface area contributed by atoms with Gasteiger partial charge in [-0.25, -0.2) is 0 Å². The summed E-state index contributed by atoms with van der Waals surface area (Å²) in [6.45, 7) is 0. The highest BCUT2D eigenvalue weighted by molar-refractivity contribution is 9.09. The third-order valence-electron chi connectivity index (χ3n) is 3.41. The minimum absolute atomic E-state index is 0.660. The molecule has 0 aliphatic rings. The molecule has 21 heavy (non-hydrogen) atoms. The molecule has 1 nitrogen and oxygen atoms in total. The number of thioether (sulfide) groups is 1. The van der Waals surface area contributed by atoms with E-state index in [1.54, 1.807) is 7.11 Å². The van der Waals surface area contributed by atoms with Crippen molar-refractivity contribution in [3.8, 4) is 5.75 Å². The van der Waals surface area contributed by atoms with Gasteiger partial charge in [0.2, 0.25) is 0 Å². The largest absolute Gasteiger partial charge is 0.497 e.